The molecule has 0 spiro atoms. The molecule has 0 bridgehead atoms. The van der Waals surface area contributed by atoms with Crippen LogP contribution in [0.1, 0.15) is 5.56 Å². The van der Waals surface area contributed by atoms with Gasteiger partial charge in [0.2, 0.25) is 0 Å². The molecule has 0 aliphatic heterocycles. The summed E-state index contributed by atoms with van der Waals surface area (Å²) in [5.74, 6) is -0.564. The molecule has 0 aliphatic carbocycles. The van der Waals surface area contributed by atoms with Crippen molar-refractivity contribution in [2.24, 2.45) is 5.92 Å². The summed E-state index contributed by atoms with van der Waals surface area (Å²) >= 11 is 0. The van der Waals surface area contributed by atoms with Crippen LogP contribution in [0.25, 0.3) is 10.8 Å². The Morgan fingerprint density at radius 1 is 0.938 bits per heavy atom. The van der Waals surface area contributed by atoms with Crippen molar-refractivity contribution in [3.05, 3.63) is 48.0 Å². The largest absolute Gasteiger partial charge is 0.197 e. The van der Waals surface area contributed by atoms with Crippen molar-refractivity contribution in [3.63, 3.8) is 0 Å². The van der Waals surface area contributed by atoms with Crippen LogP contribution in [0, 0.1) is 28.6 Å². The van der Waals surface area contributed by atoms with E-state index in [2.05, 4.69) is 0 Å². The van der Waals surface area contributed by atoms with Crippen LogP contribution >= 0.6 is 0 Å². The maximum absolute atomic E-state index is 8.79. The zero-order valence-corrected chi connectivity index (χ0v) is 8.72. The van der Waals surface area contributed by atoms with Gasteiger partial charge in [-0.05, 0) is 16.3 Å². The van der Waals surface area contributed by atoms with E-state index in [-0.39, 0.29) is 0 Å². The summed E-state index contributed by atoms with van der Waals surface area (Å²) in [5, 5.41) is 19.8. The minimum absolute atomic E-state index is 0.494. The van der Waals surface area contributed by atoms with Crippen molar-refractivity contribution >= 4 is 10.8 Å². The summed E-state index contributed by atoms with van der Waals surface area (Å²) in [6, 6.07) is 18.0. The van der Waals surface area contributed by atoms with Crippen LogP contribution in [0.4, 0.5) is 0 Å². The lowest BCUT2D eigenvalue weighted by atomic mass is 9.96. The second-order valence-electron chi connectivity index (χ2n) is 3.65. The van der Waals surface area contributed by atoms with E-state index < -0.39 is 5.92 Å². The number of rotatable bonds is 2. The maximum atomic E-state index is 8.79. The van der Waals surface area contributed by atoms with Crippen LogP contribution in [0.2, 0.25) is 0 Å². The summed E-state index contributed by atoms with van der Waals surface area (Å²) < 4.78 is 0. The number of hydrogen-bond donors (Lipinski definition) is 0. The monoisotopic (exact) mass is 206 g/mol. The Labute approximate surface area is 94.4 Å². The average molecular weight is 206 g/mol. The van der Waals surface area contributed by atoms with E-state index >= 15 is 0 Å². The first-order valence-electron chi connectivity index (χ1n) is 5.11. The number of hydrogen-bond acceptors (Lipinski definition) is 2. The van der Waals surface area contributed by atoms with Crippen LogP contribution in [-0.4, -0.2) is 0 Å². The van der Waals surface area contributed by atoms with Gasteiger partial charge < -0.3 is 0 Å². The fourth-order valence-corrected chi connectivity index (χ4v) is 1.81. The van der Waals surface area contributed by atoms with Gasteiger partial charge >= 0.3 is 0 Å². The van der Waals surface area contributed by atoms with E-state index in [1.54, 1.807) is 0 Å². The quantitative estimate of drug-likeness (QED) is 0.758. The Hall–Kier alpha value is -2.32. The van der Waals surface area contributed by atoms with Crippen molar-refractivity contribution in [3.8, 4) is 12.1 Å². The smallest absolute Gasteiger partial charge is 0.137 e. The van der Waals surface area contributed by atoms with E-state index in [0.717, 1.165) is 16.3 Å². The number of nitriles is 2. The lowest BCUT2D eigenvalue weighted by Gasteiger charge is -2.05. The fourth-order valence-electron chi connectivity index (χ4n) is 1.81. The maximum Gasteiger partial charge on any atom is 0.137 e. The SMILES string of the molecule is N#CC(C#N)Cc1cccc2ccccc12. The standard InChI is InChI=1S/C14H10N2/c15-9-11(10-16)8-13-6-3-5-12-4-1-2-7-14(12)13/h1-7,11H,8H2. The van der Waals surface area contributed by atoms with Gasteiger partial charge in [0.05, 0.1) is 12.1 Å². The zero-order valence-electron chi connectivity index (χ0n) is 8.72. The lowest BCUT2D eigenvalue weighted by molar-refractivity contribution is 0.840. The van der Waals surface area contributed by atoms with E-state index in [1.807, 2.05) is 54.6 Å². The van der Waals surface area contributed by atoms with Crippen molar-refractivity contribution in [2.45, 2.75) is 6.42 Å². The van der Waals surface area contributed by atoms with Crippen LogP contribution in [-0.2, 0) is 6.42 Å². The van der Waals surface area contributed by atoms with Crippen molar-refractivity contribution in [1.82, 2.24) is 0 Å². The van der Waals surface area contributed by atoms with Gasteiger partial charge in [-0.2, -0.15) is 10.5 Å². The predicted molar refractivity (Wildman–Crippen MR) is 62.4 cm³/mol. The highest BCUT2D eigenvalue weighted by Crippen LogP contribution is 2.20. The first-order valence-corrected chi connectivity index (χ1v) is 5.11. The highest BCUT2D eigenvalue weighted by molar-refractivity contribution is 5.85. The summed E-state index contributed by atoms with van der Waals surface area (Å²) in [7, 11) is 0. The van der Waals surface area contributed by atoms with E-state index in [9.17, 15) is 0 Å². The topological polar surface area (TPSA) is 47.6 Å². The van der Waals surface area contributed by atoms with Crippen molar-refractivity contribution in [1.29, 1.82) is 10.5 Å². The van der Waals surface area contributed by atoms with Gasteiger partial charge in [0, 0.05) is 6.42 Å². The van der Waals surface area contributed by atoms with Gasteiger partial charge in [-0.1, -0.05) is 42.5 Å². The number of benzene rings is 2. The Kier molecular flexibility index (Phi) is 2.85. The molecular weight excluding hydrogens is 196 g/mol. The van der Waals surface area contributed by atoms with E-state index in [0.29, 0.717) is 6.42 Å². The molecule has 2 aromatic carbocycles. The molecule has 0 unspecified atom stereocenters. The fraction of sp³-hybridized carbons (Fsp3) is 0.143. The summed E-state index contributed by atoms with van der Waals surface area (Å²) in [4.78, 5) is 0. The van der Waals surface area contributed by atoms with Gasteiger partial charge in [0.1, 0.15) is 5.92 Å². The molecule has 2 aromatic rings. The molecule has 2 heteroatoms. The molecule has 0 radical (unpaired) electrons. The molecule has 2 nitrogen and oxygen atoms in total. The number of fused-ring (bicyclic) bond motifs is 1. The first kappa shape index (κ1) is 10.2. The third-order valence-corrected chi connectivity index (χ3v) is 2.62. The summed E-state index contributed by atoms with van der Waals surface area (Å²) in [5.41, 5.74) is 1.06. The molecular formula is C14H10N2. The third kappa shape index (κ3) is 1.87. The predicted octanol–water partition coefficient (Wildman–Crippen LogP) is 3.05. The molecule has 0 atom stereocenters. The molecule has 2 rings (SSSR count). The van der Waals surface area contributed by atoms with E-state index in [4.69, 9.17) is 10.5 Å². The molecule has 0 fully saturated rings. The Morgan fingerprint density at radius 3 is 2.38 bits per heavy atom. The molecule has 16 heavy (non-hydrogen) atoms. The molecule has 0 N–H and O–H groups in total. The third-order valence-electron chi connectivity index (χ3n) is 2.62. The summed E-state index contributed by atoms with van der Waals surface area (Å²) in [6.45, 7) is 0. The normalized spacial score (nSPS) is 9.94. The molecule has 76 valence electrons. The second kappa shape index (κ2) is 4.47. The summed E-state index contributed by atoms with van der Waals surface area (Å²) in [6.07, 6.45) is 0.494. The van der Waals surface area contributed by atoms with Crippen LogP contribution in [0.3, 0.4) is 0 Å². The van der Waals surface area contributed by atoms with Crippen molar-refractivity contribution in [2.75, 3.05) is 0 Å². The van der Waals surface area contributed by atoms with Gasteiger partial charge in [0.15, 0.2) is 0 Å². The van der Waals surface area contributed by atoms with Crippen LogP contribution in [0.5, 0.6) is 0 Å². The Bertz CT molecular complexity index is 568. The Balaban J connectivity index is 2.46. The highest BCUT2D eigenvalue weighted by Gasteiger charge is 2.08. The van der Waals surface area contributed by atoms with Crippen LogP contribution < -0.4 is 0 Å². The molecule has 0 aromatic heterocycles. The zero-order chi connectivity index (χ0) is 11.4. The highest BCUT2D eigenvalue weighted by atomic mass is 14.3. The number of nitrogens with zero attached hydrogens (tertiary/aromatic N) is 2. The van der Waals surface area contributed by atoms with E-state index in [1.165, 1.54) is 0 Å². The Morgan fingerprint density at radius 2 is 1.62 bits per heavy atom. The lowest BCUT2D eigenvalue weighted by Crippen LogP contribution is -1.98. The minimum Gasteiger partial charge on any atom is -0.197 e. The average Bonchev–Trinajstić information content (AvgIpc) is 2.36. The first-order chi connectivity index (χ1) is 7.85. The van der Waals surface area contributed by atoms with Gasteiger partial charge in [-0.3, -0.25) is 0 Å². The van der Waals surface area contributed by atoms with Crippen LogP contribution in [0.15, 0.2) is 42.5 Å². The molecule has 0 saturated heterocycles. The van der Waals surface area contributed by atoms with Gasteiger partial charge in [-0.15, -0.1) is 0 Å². The minimum atomic E-state index is -0.564. The van der Waals surface area contributed by atoms with Gasteiger partial charge in [0.25, 0.3) is 0 Å². The molecule has 0 aliphatic rings. The molecule has 0 saturated carbocycles. The van der Waals surface area contributed by atoms with Gasteiger partial charge in [-0.25, -0.2) is 0 Å². The molecule has 0 amide bonds. The van der Waals surface area contributed by atoms with Crippen molar-refractivity contribution < 1.29 is 0 Å². The second-order valence-corrected chi connectivity index (χ2v) is 3.65. The molecule has 0 heterocycles.